The number of imidazole rings is 1. The van der Waals surface area contributed by atoms with Crippen molar-refractivity contribution < 1.29 is 9.26 Å². The van der Waals surface area contributed by atoms with Gasteiger partial charge in [0.2, 0.25) is 0 Å². The zero-order chi connectivity index (χ0) is 17.2. The molecule has 0 amide bonds. The molecule has 1 saturated heterocycles. The van der Waals surface area contributed by atoms with Crippen LogP contribution in [0.3, 0.4) is 0 Å². The number of anilines is 1. The average molecular weight is 340 g/mol. The zero-order valence-electron chi connectivity index (χ0n) is 14.2. The molecule has 8 heteroatoms. The fraction of sp³-hybridized carbons (Fsp3) is 0.412. The minimum absolute atomic E-state index is 0.0950. The molecule has 0 spiro atoms. The summed E-state index contributed by atoms with van der Waals surface area (Å²) in [7, 11) is 0. The highest BCUT2D eigenvalue weighted by molar-refractivity contribution is 5.40. The van der Waals surface area contributed by atoms with Crippen LogP contribution in [-0.2, 0) is 4.74 Å². The third-order valence-corrected chi connectivity index (χ3v) is 4.24. The molecule has 4 rings (SSSR count). The maximum absolute atomic E-state index is 6.00. The normalized spacial score (nSPS) is 20.1. The second kappa shape index (κ2) is 6.64. The van der Waals surface area contributed by atoms with E-state index in [1.54, 1.807) is 6.20 Å². The van der Waals surface area contributed by atoms with Gasteiger partial charge < -0.3 is 14.6 Å². The number of ether oxygens (including phenoxy) is 1. The molecule has 0 bridgehead atoms. The lowest BCUT2D eigenvalue weighted by atomic mass is 10.2. The second-order valence-corrected chi connectivity index (χ2v) is 6.11. The van der Waals surface area contributed by atoms with Gasteiger partial charge in [-0.15, -0.1) is 0 Å². The summed E-state index contributed by atoms with van der Waals surface area (Å²) in [6.45, 7) is 4.44. The van der Waals surface area contributed by atoms with Crippen LogP contribution in [0.2, 0.25) is 0 Å². The Kier molecular flexibility index (Phi) is 4.19. The van der Waals surface area contributed by atoms with Crippen molar-refractivity contribution in [1.29, 1.82) is 0 Å². The highest BCUT2D eigenvalue weighted by atomic mass is 16.5. The van der Waals surface area contributed by atoms with Crippen molar-refractivity contribution in [1.82, 2.24) is 24.7 Å². The number of hydrogen-bond acceptors (Lipinski definition) is 7. The van der Waals surface area contributed by atoms with Gasteiger partial charge in [-0.05, 0) is 38.8 Å². The van der Waals surface area contributed by atoms with Gasteiger partial charge in [0.05, 0.1) is 6.10 Å². The first-order valence-corrected chi connectivity index (χ1v) is 8.36. The molecule has 0 aromatic carbocycles. The Hall–Kier alpha value is -2.74. The van der Waals surface area contributed by atoms with E-state index in [0.717, 1.165) is 30.3 Å². The van der Waals surface area contributed by atoms with E-state index in [-0.39, 0.29) is 12.2 Å². The highest BCUT2D eigenvalue weighted by Crippen LogP contribution is 2.31. The van der Waals surface area contributed by atoms with E-state index >= 15 is 0 Å². The SMILES string of the molecule is Cc1noc([C@@H]2CC[C@H](CNc3cccc(-n4ccnc4C)n3)O2)n1. The number of aromatic nitrogens is 5. The predicted octanol–water partition coefficient (Wildman–Crippen LogP) is 2.60. The van der Waals surface area contributed by atoms with Gasteiger partial charge in [-0.2, -0.15) is 4.98 Å². The van der Waals surface area contributed by atoms with Crippen molar-refractivity contribution in [3.8, 4) is 5.82 Å². The lowest BCUT2D eigenvalue weighted by molar-refractivity contribution is 0.0326. The molecule has 3 aromatic heterocycles. The van der Waals surface area contributed by atoms with Gasteiger partial charge in [0.1, 0.15) is 23.6 Å². The van der Waals surface area contributed by atoms with Crippen molar-refractivity contribution in [2.75, 3.05) is 11.9 Å². The summed E-state index contributed by atoms with van der Waals surface area (Å²) in [5.74, 6) is 3.76. The average Bonchev–Trinajstić information content (AvgIpc) is 3.34. The van der Waals surface area contributed by atoms with Gasteiger partial charge in [0.25, 0.3) is 5.89 Å². The van der Waals surface area contributed by atoms with Crippen LogP contribution in [0.5, 0.6) is 0 Å². The zero-order valence-corrected chi connectivity index (χ0v) is 14.2. The van der Waals surface area contributed by atoms with Gasteiger partial charge in [-0.25, -0.2) is 9.97 Å². The lowest BCUT2D eigenvalue weighted by Crippen LogP contribution is -2.19. The number of pyridine rings is 1. The molecule has 3 aromatic rings. The minimum Gasteiger partial charge on any atom is -0.367 e. The van der Waals surface area contributed by atoms with Crippen molar-refractivity contribution in [2.24, 2.45) is 0 Å². The van der Waals surface area contributed by atoms with Crippen LogP contribution in [0.1, 0.15) is 36.5 Å². The van der Waals surface area contributed by atoms with Crippen LogP contribution in [0, 0.1) is 13.8 Å². The number of hydrogen-bond donors (Lipinski definition) is 1. The third-order valence-electron chi connectivity index (χ3n) is 4.24. The van der Waals surface area contributed by atoms with Gasteiger partial charge in [-0.1, -0.05) is 11.2 Å². The summed E-state index contributed by atoms with van der Waals surface area (Å²) in [6.07, 6.45) is 5.48. The molecular weight excluding hydrogens is 320 g/mol. The Morgan fingerprint density at radius 2 is 2.16 bits per heavy atom. The van der Waals surface area contributed by atoms with E-state index in [9.17, 15) is 0 Å². The number of rotatable bonds is 5. The van der Waals surface area contributed by atoms with Gasteiger partial charge in [-0.3, -0.25) is 4.57 Å². The number of aryl methyl sites for hydroxylation is 2. The summed E-state index contributed by atoms with van der Waals surface area (Å²) >= 11 is 0. The standard InChI is InChI=1S/C17H20N6O2/c1-11-20-17(25-22-11)14-7-6-13(24-14)10-19-15-4-3-5-16(21-15)23-9-8-18-12(23)2/h3-5,8-9,13-14H,6-7,10H2,1-2H3,(H,19,21)/t13-,14+/m1/s1. The van der Waals surface area contributed by atoms with Crippen LogP contribution < -0.4 is 5.32 Å². The smallest absolute Gasteiger partial charge is 0.255 e. The number of nitrogens with one attached hydrogen (secondary N) is 1. The van der Waals surface area contributed by atoms with Crippen LogP contribution in [0.4, 0.5) is 5.82 Å². The summed E-state index contributed by atoms with van der Waals surface area (Å²) < 4.78 is 13.2. The summed E-state index contributed by atoms with van der Waals surface area (Å²) in [5, 5.41) is 7.17. The molecule has 8 nitrogen and oxygen atoms in total. The van der Waals surface area contributed by atoms with Gasteiger partial charge in [0.15, 0.2) is 5.82 Å². The molecule has 0 unspecified atom stereocenters. The van der Waals surface area contributed by atoms with Crippen molar-refractivity contribution in [3.05, 3.63) is 48.1 Å². The first-order valence-electron chi connectivity index (χ1n) is 8.36. The molecule has 0 radical (unpaired) electrons. The van der Waals surface area contributed by atoms with Crippen molar-refractivity contribution in [3.63, 3.8) is 0 Å². The first-order chi connectivity index (χ1) is 12.2. The van der Waals surface area contributed by atoms with Gasteiger partial charge in [0, 0.05) is 18.9 Å². The Labute approximate surface area is 145 Å². The molecule has 4 heterocycles. The van der Waals surface area contributed by atoms with Crippen molar-refractivity contribution in [2.45, 2.75) is 38.9 Å². The molecular formula is C17H20N6O2. The predicted molar refractivity (Wildman–Crippen MR) is 90.5 cm³/mol. The molecule has 0 aliphatic carbocycles. The van der Waals surface area contributed by atoms with E-state index in [0.29, 0.717) is 18.3 Å². The lowest BCUT2D eigenvalue weighted by Gasteiger charge is -2.13. The molecule has 1 fully saturated rings. The second-order valence-electron chi connectivity index (χ2n) is 6.11. The number of nitrogens with zero attached hydrogens (tertiary/aromatic N) is 5. The van der Waals surface area contributed by atoms with Gasteiger partial charge >= 0.3 is 0 Å². The van der Waals surface area contributed by atoms with E-state index < -0.39 is 0 Å². The third kappa shape index (κ3) is 3.39. The maximum Gasteiger partial charge on any atom is 0.255 e. The summed E-state index contributed by atoms with van der Waals surface area (Å²) in [4.78, 5) is 13.1. The maximum atomic E-state index is 6.00. The topological polar surface area (TPSA) is 90.9 Å². The monoisotopic (exact) mass is 340 g/mol. The van der Waals surface area contributed by atoms with Crippen LogP contribution in [0.15, 0.2) is 35.1 Å². The van der Waals surface area contributed by atoms with Crippen LogP contribution in [0.25, 0.3) is 5.82 Å². The Balaban J connectivity index is 1.37. The molecule has 1 aliphatic rings. The largest absolute Gasteiger partial charge is 0.367 e. The van der Waals surface area contributed by atoms with Crippen LogP contribution >= 0.6 is 0 Å². The summed E-state index contributed by atoms with van der Waals surface area (Å²) in [6, 6.07) is 5.88. The van der Waals surface area contributed by atoms with E-state index in [1.807, 2.05) is 42.8 Å². The highest BCUT2D eigenvalue weighted by Gasteiger charge is 2.30. The fourth-order valence-electron chi connectivity index (χ4n) is 2.98. The molecule has 0 saturated carbocycles. The quantitative estimate of drug-likeness (QED) is 0.763. The molecule has 25 heavy (non-hydrogen) atoms. The van der Waals surface area contributed by atoms with E-state index in [2.05, 4.69) is 25.4 Å². The van der Waals surface area contributed by atoms with E-state index in [4.69, 9.17) is 9.26 Å². The molecule has 1 N–H and O–H groups in total. The van der Waals surface area contributed by atoms with Crippen molar-refractivity contribution >= 4 is 5.82 Å². The summed E-state index contributed by atoms with van der Waals surface area (Å²) in [5.41, 5.74) is 0. The first kappa shape index (κ1) is 15.8. The fourth-order valence-corrected chi connectivity index (χ4v) is 2.98. The molecule has 130 valence electrons. The Morgan fingerprint density at radius 1 is 1.24 bits per heavy atom. The molecule has 1 aliphatic heterocycles. The van der Waals surface area contributed by atoms with E-state index in [1.165, 1.54) is 0 Å². The Morgan fingerprint density at radius 3 is 2.92 bits per heavy atom. The Bertz CT molecular complexity index is 858. The molecule has 2 atom stereocenters. The minimum atomic E-state index is -0.110. The van der Waals surface area contributed by atoms with Crippen LogP contribution in [-0.4, -0.2) is 37.3 Å².